The average Bonchev–Trinajstić information content (AvgIpc) is 2.46. The van der Waals surface area contributed by atoms with Crippen LogP contribution >= 0.6 is 11.8 Å². The van der Waals surface area contributed by atoms with E-state index in [4.69, 9.17) is 4.74 Å². The topological polar surface area (TPSA) is 29.5 Å². The summed E-state index contributed by atoms with van der Waals surface area (Å²) in [6.07, 6.45) is -0.428. The van der Waals surface area contributed by atoms with Gasteiger partial charge in [-0.2, -0.15) is 0 Å². The molecule has 4 heteroatoms. The van der Waals surface area contributed by atoms with E-state index in [2.05, 4.69) is 0 Å². The number of hydrogen-bond acceptors (Lipinski definition) is 3. The van der Waals surface area contributed by atoms with Crippen LogP contribution in [0.1, 0.15) is 25.5 Å². The largest absolute Gasteiger partial charge is 0.491 e. The molecule has 0 aliphatic rings. The molecule has 0 aliphatic carbocycles. The van der Waals surface area contributed by atoms with Crippen molar-refractivity contribution < 1.29 is 14.2 Å². The van der Waals surface area contributed by atoms with Crippen LogP contribution in [0.15, 0.2) is 53.4 Å². The van der Waals surface area contributed by atoms with E-state index in [1.54, 1.807) is 12.1 Å². The minimum atomic E-state index is -0.562. The maximum atomic E-state index is 12.8. The summed E-state index contributed by atoms with van der Waals surface area (Å²) in [7, 11) is 0. The molecule has 1 unspecified atom stereocenters. The molecule has 0 fully saturated rings. The van der Waals surface area contributed by atoms with E-state index in [-0.39, 0.29) is 11.9 Å². The highest BCUT2D eigenvalue weighted by Gasteiger charge is 2.09. The second kappa shape index (κ2) is 7.48. The van der Waals surface area contributed by atoms with E-state index in [9.17, 15) is 9.50 Å². The second-order valence-electron chi connectivity index (χ2n) is 5.02. The summed E-state index contributed by atoms with van der Waals surface area (Å²) in [6, 6.07) is 13.7. The Morgan fingerprint density at radius 2 is 1.67 bits per heavy atom. The third kappa shape index (κ3) is 5.06. The minimum Gasteiger partial charge on any atom is -0.491 e. The first-order valence-corrected chi connectivity index (χ1v) is 7.86. The lowest BCUT2D eigenvalue weighted by Crippen LogP contribution is -2.06. The van der Waals surface area contributed by atoms with Gasteiger partial charge in [-0.1, -0.05) is 12.1 Å². The van der Waals surface area contributed by atoms with Gasteiger partial charge in [0.1, 0.15) is 11.6 Å². The van der Waals surface area contributed by atoms with E-state index in [0.29, 0.717) is 5.75 Å². The molecule has 0 heterocycles. The Labute approximate surface area is 129 Å². The van der Waals surface area contributed by atoms with E-state index < -0.39 is 6.10 Å². The SMILES string of the molecule is CC(C)Oc1ccc(C(O)CSc2ccc(F)cc2)cc1. The predicted molar refractivity (Wildman–Crippen MR) is 84.3 cm³/mol. The molecule has 2 nitrogen and oxygen atoms in total. The number of rotatable bonds is 6. The number of thioether (sulfide) groups is 1. The molecule has 2 rings (SSSR count). The molecule has 0 amide bonds. The molecule has 0 aromatic heterocycles. The van der Waals surface area contributed by atoms with Gasteiger partial charge in [-0.3, -0.25) is 0 Å². The highest BCUT2D eigenvalue weighted by Crippen LogP contribution is 2.26. The summed E-state index contributed by atoms with van der Waals surface area (Å²) < 4.78 is 18.4. The Kier molecular flexibility index (Phi) is 5.65. The van der Waals surface area contributed by atoms with Crippen molar-refractivity contribution in [2.24, 2.45) is 0 Å². The molecular formula is C17H19FO2S. The first-order valence-electron chi connectivity index (χ1n) is 6.87. The van der Waals surface area contributed by atoms with E-state index in [1.807, 2.05) is 38.1 Å². The van der Waals surface area contributed by atoms with E-state index >= 15 is 0 Å². The molecule has 2 aromatic rings. The lowest BCUT2D eigenvalue weighted by Gasteiger charge is -2.13. The van der Waals surface area contributed by atoms with Crippen molar-refractivity contribution in [3.63, 3.8) is 0 Å². The van der Waals surface area contributed by atoms with Gasteiger partial charge >= 0.3 is 0 Å². The molecule has 112 valence electrons. The first-order chi connectivity index (χ1) is 10.0. The van der Waals surface area contributed by atoms with Crippen molar-refractivity contribution in [1.82, 2.24) is 0 Å². The van der Waals surface area contributed by atoms with Gasteiger partial charge in [-0.05, 0) is 55.8 Å². The fourth-order valence-corrected chi connectivity index (χ4v) is 2.71. The molecule has 0 bridgehead atoms. The van der Waals surface area contributed by atoms with Crippen LogP contribution in [0, 0.1) is 5.82 Å². The van der Waals surface area contributed by atoms with Crippen LogP contribution in [0.25, 0.3) is 0 Å². The third-order valence-electron chi connectivity index (χ3n) is 2.86. The fraction of sp³-hybridized carbons (Fsp3) is 0.294. The summed E-state index contributed by atoms with van der Waals surface area (Å²) in [4.78, 5) is 0.940. The first kappa shape index (κ1) is 15.9. The van der Waals surface area contributed by atoms with Gasteiger partial charge in [0.2, 0.25) is 0 Å². The van der Waals surface area contributed by atoms with Gasteiger partial charge in [0.25, 0.3) is 0 Å². The molecule has 1 N–H and O–H groups in total. The van der Waals surface area contributed by atoms with Crippen LogP contribution in [0.4, 0.5) is 4.39 Å². The summed E-state index contributed by atoms with van der Waals surface area (Å²) in [5.74, 6) is 1.07. The van der Waals surface area contributed by atoms with Gasteiger partial charge < -0.3 is 9.84 Å². The Hall–Kier alpha value is -1.52. The lowest BCUT2D eigenvalue weighted by molar-refractivity contribution is 0.203. The fourth-order valence-electron chi connectivity index (χ4n) is 1.84. The van der Waals surface area contributed by atoms with Crippen molar-refractivity contribution in [2.45, 2.75) is 31.0 Å². The number of aliphatic hydroxyl groups is 1. The second-order valence-corrected chi connectivity index (χ2v) is 6.11. The highest BCUT2D eigenvalue weighted by atomic mass is 32.2. The quantitative estimate of drug-likeness (QED) is 0.800. The minimum absolute atomic E-state index is 0.134. The lowest BCUT2D eigenvalue weighted by atomic mass is 10.1. The monoisotopic (exact) mass is 306 g/mol. The van der Waals surface area contributed by atoms with Crippen molar-refractivity contribution in [3.05, 3.63) is 59.9 Å². The maximum Gasteiger partial charge on any atom is 0.123 e. The summed E-state index contributed by atoms with van der Waals surface area (Å²) in [5, 5.41) is 10.2. The van der Waals surface area contributed by atoms with Crippen LogP contribution in [0.5, 0.6) is 5.75 Å². The molecule has 2 aromatic carbocycles. The third-order valence-corrected chi connectivity index (χ3v) is 3.95. The smallest absolute Gasteiger partial charge is 0.123 e. The van der Waals surface area contributed by atoms with E-state index in [1.165, 1.54) is 23.9 Å². The van der Waals surface area contributed by atoms with Crippen molar-refractivity contribution >= 4 is 11.8 Å². The number of hydrogen-bond donors (Lipinski definition) is 1. The molecule has 0 radical (unpaired) electrons. The number of benzene rings is 2. The Morgan fingerprint density at radius 1 is 1.05 bits per heavy atom. The molecule has 21 heavy (non-hydrogen) atoms. The average molecular weight is 306 g/mol. The van der Waals surface area contributed by atoms with Crippen molar-refractivity contribution in [3.8, 4) is 5.75 Å². The van der Waals surface area contributed by atoms with Crippen LogP contribution in [0.2, 0.25) is 0 Å². The zero-order valence-corrected chi connectivity index (χ0v) is 12.9. The van der Waals surface area contributed by atoms with Gasteiger partial charge in [-0.25, -0.2) is 4.39 Å². The Morgan fingerprint density at radius 3 is 2.24 bits per heavy atom. The number of halogens is 1. The van der Waals surface area contributed by atoms with Crippen LogP contribution < -0.4 is 4.74 Å². The van der Waals surface area contributed by atoms with Crippen LogP contribution in [-0.2, 0) is 0 Å². The Balaban J connectivity index is 1.90. The number of ether oxygens (including phenoxy) is 1. The summed E-state index contributed by atoms with van der Waals surface area (Å²) >= 11 is 1.50. The van der Waals surface area contributed by atoms with Gasteiger partial charge in [0.05, 0.1) is 12.2 Å². The molecule has 0 aliphatic heterocycles. The van der Waals surface area contributed by atoms with Crippen molar-refractivity contribution in [2.75, 3.05) is 5.75 Å². The highest BCUT2D eigenvalue weighted by molar-refractivity contribution is 7.99. The molecule has 0 saturated carbocycles. The standard InChI is InChI=1S/C17H19FO2S/c1-12(2)20-15-7-3-13(4-8-15)17(19)11-21-16-9-5-14(18)6-10-16/h3-10,12,17,19H,11H2,1-2H3. The van der Waals surface area contributed by atoms with Crippen LogP contribution in [0.3, 0.4) is 0 Å². The molecule has 1 atom stereocenters. The zero-order valence-electron chi connectivity index (χ0n) is 12.1. The molecular weight excluding hydrogens is 287 g/mol. The maximum absolute atomic E-state index is 12.8. The van der Waals surface area contributed by atoms with Gasteiger partial charge in [0.15, 0.2) is 0 Å². The van der Waals surface area contributed by atoms with Gasteiger partial charge in [0, 0.05) is 10.6 Å². The molecule has 0 saturated heterocycles. The summed E-state index contributed by atoms with van der Waals surface area (Å²) in [5.41, 5.74) is 0.848. The zero-order chi connectivity index (χ0) is 15.2. The van der Waals surface area contributed by atoms with E-state index in [0.717, 1.165) is 16.2 Å². The normalized spacial score (nSPS) is 12.4. The van der Waals surface area contributed by atoms with Crippen molar-refractivity contribution in [1.29, 1.82) is 0 Å². The van der Waals surface area contributed by atoms with Crippen LogP contribution in [-0.4, -0.2) is 17.0 Å². The van der Waals surface area contributed by atoms with Gasteiger partial charge in [-0.15, -0.1) is 11.8 Å². The predicted octanol–water partition coefficient (Wildman–Crippen LogP) is 4.44. The Bertz CT molecular complexity index is 552. The summed E-state index contributed by atoms with van der Waals surface area (Å²) in [6.45, 7) is 3.95. The molecule has 0 spiro atoms. The number of aliphatic hydroxyl groups excluding tert-OH is 1.